The van der Waals surface area contributed by atoms with Crippen molar-refractivity contribution in [2.75, 3.05) is 13.1 Å². The van der Waals surface area contributed by atoms with E-state index in [1.165, 1.54) is 0 Å². The Morgan fingerprint density at radius 3 is 2.32 bits per heavy atom. The minimum Gasteiger partial charge on any atom is -0.480 e. The maximum atomic E-state index is 12.5. The van der Waals surface area contributed by atoms with E-state index in [2.05, 4.69) is 17.6 Å². The zero-order valence-corrected chi connectivity index (χ0v) is 12.2. The van der Waals surface area contributed by atoms with Crippen molar-refractivity contribution in [3.8, 4) is 0 Å². The number of piperidine rings is 1. The average molecular weight is 270 g/mol. The maximum Gasteiger partial charge on any atom is 0.326 e. The first kappa shape index (κ1) is 16.0. The van der Waals surface area contributed by atoms with Crippen LogP contribution in [-0.2, 0) is 9.59 Å². The molecule has 1 atom stereocenters. The van der Waals surface area contributed by atoms with Crippen LogP contribution in [0.25, 0.3) is 0 Å². The van der Waals surface area contributed by atoms with Crippen molar-refractivity contribution in [1.29, 1.82) is 0 Å². The molecule has 3 N–H and O–H groups in total. The predicted octanol–water partition coefficient (Wildman–Crippen LogP) is 1.38. The van der Waals surface area contributed by atoms with E-state index < -0.39 is 12.0 Å². The number of nitrogens with one attached hydrogen (secondary N) is 2. The molecule has 1 aliphatic rings. The van der Waals surface area contributed by atoms with Gasteiger partial charge < -0.3 is 15.7 Å². The van der Waals surface area contributed by atoms with Gasteiger partial charge >= 0.3 is 5.97 Å². The topological polar surface area (TPSA) is 78.4 Å². The molecule has 1 heterocycles. The van der Waals surface area contributed by atoms with E-state index in [0.717, 1.165) is 38.8 Å². The Kier molecular flexibility index (Phi) is 5.79. The number of carboxylic acids is 1. The van der Waals surface area contributed by atoms with E-state index in [4.69, 9.17) is 0 Å². The number of hydrogen-bond donors (Lipinski definition) is 3. The monoisotopic (exact) mass is 270 g/mol. The highest BCUT2D eigenvalue weighted by atomic mass is 16.4. The summed E-state index contributed by atoms with van der Waals surface area (Å²) in [5.41, 5.74) is -0.386. The average Bonchev–Trinajstić information content (AvgIpc) is 2.36. The fourth-order valence-corrected chi connectivity index (χ4v) is 2.78. The van der Waals surface area contributed by atoms with Gasteiger partial charge in [-0.3, -0.25) is 4.79 Å². The van der Waals surface area contributed by atoms with Gasteiger partial charge in [-0.05, 0) is 38.3 Å². The van der Waals surface area contributed by atoms with Crippen LogP contribution in [0.4, 0.5) is 0 Å². The fraction of sp³-hybridized carbons (Fsp3) is 0.857. The summed E-state index contributed by atoms with van der Waals surface area (Å²) in [7, 11) is 0. The summed E-state index contributed by atoms with van der Waals surface area (Å²) in [6.45, 7) is 7.34. The molecule has 19 heavy (non-hydrogen) atoms. The van der Waals surface area contributed by atoms with Crippen LogP contribution < -0.4 is 10.6 Å². The Morgan fingerprint density at radius 2 is 1.89 bits per heavy atom. The minimum atomic E-state index is -0.955. The molecule has 110 valence electrons. The molecule has 1 aliphatic heterocycles. The largest absolute Gasteiger partial charge is 0.480 e. The molecule has 5 heteroatoms. The van der Waals surface area contributed by atoms with Crippen LogP contribution in [0.15, 0.2) is 0 Å². The number of aliphatic carboxylic acids is 1. The Hall–Kier alpha value is -1.10. The molecule has 1 amide bonds. The van der Waals surface area contributed by atoms with Gasteiger partial charge in [0.05, 0.1) is 5.41 Å². The molecular weight excluding hydrogens is 244 g/mol. The third-order valence-electron chi connectivity index (χ3n) is 3.99. The van der Waals surface area contributed by atoms with Crippen molar-refractivity contribution in [2.24, 2.45) is 11.3 Å². The van der Waals surface area contributed by atoms with Gasteiger partial charge in [0.2, 0.25) is 5.91 Å². The smallest absolute Gasteiger partial charge is 0.326 e. The number of carboxylic acid groups (broad SMARTS) is 1. The Labute approximate surface area is 115 Å². The first-order chi connectivity index (χ1) is 8.93. The van der Waals surface area contributed by atoms with Crippen LogP contribution >= 0.6 is 0 Å². The van der Waals surface area contributed by atoms with Crippen molar-refractivity contribution in [3.05, 3.63) is 0 Å². The fourth-order valence-electron chi connectivity index (χ4n) is 2.78. The summed E-state index contributed by atoms with van der Waals surface area (Å²) in [6.07, 6.45) is 3.34. The van der Waals surface area contributed by atoms with Crippen LogP contribution in [0.1, 0.15) is 46.5 Å². The van der Waals surface area contributed by atoms with Crippen LogP contribution in [0.5, 0.6) is 0 Å². The normalized spacial score (nSPS) is 20.0. The quantitative estimate of drug-likeness (QED) is 0.681. The van der Waals surface area contributed by atoms with Gasteiger partial charge in [0.25, 0.3) is 0 Å². The van der Waals surface area contributed by atoms with Crippen molar-refractivity contribution >= 4 is 11.9 Å². The predicted molar refractivity (Wildman–Crippen MR) is 73.8 cm³/mol. The van der Waals surface area contributed by atoms with E-state index in [0.29, 0.717) is 0 Å². The molecule has 0 aromatic heterocycles. The number of carbonyl (C=O) groups excluding carboxylic acids is 1. The van der Waals surface area contributed by atoms with Crippen molar-refractivity contribution in [3.63, 3.8) is 0 Å². The lowest BCUT2D eigenvalue weighted by Crippen LogP contribution is -2.53. The molecule has 0 spiro atoms. The summed E-state index contributed by atoms with van der Waals surface area (Å²) < 4.78 is 0. The van der Waals surface area contributed by atoms with Crippen LogP contribution in [0.3, 0.4) is 0 Å². The number of amides is 1. The van der Waals surface area contributed by atoms with Crippen molar-refractivity contribution < 1.29 is 14.7 Å². The van der Waals surface area contributed by atoms with E-state index in [1.54, 1.807) is 0 Å². The SMILES string of the molecule is CCCC1(C(=O)NC(C(=O)O)C(C)C)CCNCC1. The van der Waals surface area contributed by atoms with Gasteiger partial charge in [0.15, 0.2) is 0 Å². The maximum absolute atomic E-state index is 12.5. The molecule has 1 saturated heterocycles. The molecule has 1 rings (SSSR count). The third kappa shape index (κ3) is 3.93. The Bertz CT molecular complexity index is 317. The highest BCUT2D eigenvalue weighted by Crippen LogP contribution is 2.34. The second-order valence-corrected chi connectivity index (χ2v) is 5.81. The molecule has 1 unspecified atom stereocenters. The minimum absolute atomic E-state index is 0.0862. The summed E-state index contributed by atoms with van der Waals surface area (Å²) in [6, 6.07) is -0.795. The van der Waals surface area contributed by atoms with E-state index in [-0.39, 0.29) is 17.2 Å². The standard InChI is InChI=1S/C14H26N2O3/c1-4-5-14(6-8-15-9-7-14)13(19)16-11(10(2)3)12(17)18/h10-11,15H,4-9H2,1-3H3,(H,16,19)(H,17,18). The Morgan fingerprint density at radius 1 is 1.32 bits per heavy atom. The van der Waals surface area contributed by atoms with Gasteiger partial charge in [-0.25, -0.2) is 4.79 Å². The number of rotatable bonds is 6. The highest BCUT2D eigenvalue weighted by Gasteiger charge is 2.40. The first-order valence-electron chi connectivity index (χ1n) is 7.17. The highest BCUT2D eigenvalue weighted by molar-refractivity contribution is 5.87. The van der Waals surface area contributed by atoms with E-state index >= 15 is 0 Å². The number of hydrogen-bond acceptors (Lipinski definition) is 3. The van der Waals surface area contributed by atoms with E-state index in [1.807, 2.05) is 13.8 Å². The zero-order valence-electron chi connectivity index (χ0n) is 12.2. The van der Waals surface area contributed by atoms with Gasteiger partial charge in [-0.1, -0.05) is 27.2 Å². The van der Waals surface area contributed by atoms with Crippen LogP contribution in [0.2, 0.25) is 0 Å². The lowest BCUT2D eigenvalue weighted by atomic mass is 9.74. The summed E-state index contributed by atoms with van der Waals surface area (Å²) >= 11 is 0. The molecule has 5 nitrogen and oxygen atoms in total. The molecule has 0 aromatic rings. The molecular formula is C14H26N2O3. The molecule has 0 saturated carbocycles. The van der Waals surface area contributed by atoms with Crippen molar-refractivity contribution in [2.45, 2.75) is 52.5 Å². The zero-order chi connectivity index (χ0) is 14.5. The summed E-state index contributed by atoms with van der Waals surface area (Å²) in [5, 5.41) is 15.2. The summed E-state index contributed by atoms with van der Waals surface area (Å²) in [5.74, 6) is -1.15. The van der Waals surface area contributed by atoms with E-state index in [9.17, 15) is 14.7 Å². The van der Waals surface area contributed by atoms with Crippen LogP contribution in [-0.4, -0.2) is 36.1 Å². The molecule has 0 radical (unpaired) electrons. The van der Waals surface area contributed by atoms with Crippen molar-refractivity contribution in [1.82, 2.24) is 10.6 Å². The summed E-state index contributed by atoms with van der Waals surface area (Å²) in [4.78, 5) is 23.7. The molecule has 0 aliphatic carbocycles. The lowest BCUT2D eigenvalue weighted by molar-refractivity contribution is -0.146. The first-order valence-corrected chi connectivity index (χ1v) is 7.17. The second kappa shape index (κ2) is 6.89. The molecule has 0 aromatic carbocycles. The second-order valence-electron chi connectivity index (χ2n) is 5.81. The molecule has 0 bridgehead atoms. The molecule has 1 fully saturated rings. The van der Waals surface area contributed by atoms with Crippen LogP contribution in [0, 0.1) is 11.3 Å². The Balaban J connectivity index is 2.79. The van der Waals surface area contributed by atoms with Gasteiger partial charge in [-0.15, -0.1) is 0 Å². The number of carbonyl (C=O) groups is 2. The lowest BCUT2D eigenvalue weighted by Gasteiger charge is -2.37. The third-order valence-corrected chi connectivity index (χ3v) is 3.99. The van der Waals surface area contributed by atoms with Gasteiger partial charge in [0.1, 0.15) is 6.04 Å². The van der Waals surface area contributed by atoms with Gasteiger partial charge in [-0.2, -0.15) is 0 Å². The van der Waals surface area contributed by atoms with Gasteiger partial charge in [0, 0.05) is 0 Å².